The molecule has 0 atom stereocenters. The number of rotatable bonds is 0. The largest absolute Gasteiger partial charge is 0.463 e. The molecule has 2 heteroatoms. The maximum absolute atomic E-state index is 5.32. The van der Waals surface area contributed by atoms with Gasteiger partial charge in [-0.05, 0) is 12.1 Å². The van der Waals surface area contributed by atoms with E-state index in [4.69, 9.17) is 4.42 Å². The molecule has 13 heavy (non-hydrogen) atoms. The molecule has 0 bridgehead atoms. The summed E-state index contributed by atoms with van der Waals surface area (Å²) in [5.74, 6) is 6.46. The number of furan rings is 1. The first-order valence-electron chi connectivity index (χ1n) is 3.98. The Bertz CT molecular complexity index is 473. The van der Waals surface area contributed by atoms with Crippen LogP contribution < -0.4 is 0 Å². The highest BCUT2D eigenvalue weighted by atomic mass is 32.1. The van der Waals surface area contributed by atoms with Crippen LogP contribution in [-0.2, 0) is 0 Å². The van der Waals surface area contributed by atoms with E-state index in [1.54, 1.807) is 6.26 Å². The Morgan fingerprint density at radius 2 is 2.15 bits per heavy atom. The summed E-state index contributed by atoms with van der Waals surface area (Å²) in [6, 6.07) is 7.86. The van der Waals surface area contributed by atoms with Crippen LogP contribution in [0.2, 0.25) is 0 Å². The van der Waals surface area contributed by atoms with Crippen molar-refractivity contribution in [3.8, 4) is 11.8 Å². The highest BCUT2D eigenvalue weighted by Gasteiger charge is 2.00. The Hall–Kier alpha value is -1.33. The smallest absolute Gasteiger partial charge is 0.135 e. The lowest BCUT2D eigenvalue weighted by molar-refractivity contribution is 0.615. The molecular weight excluding hydrogens is 180 g/mol. The third-order valence-corrected chi connectivity index (χ3v) is 1.94. The van der Waals surface area contributed by atoms with Gasteiger partial charge in [-0.3, -0.25) is 0 Å². The van der Waals surface area contributed by atoms with Crippen molar-refractivity contribution >= 4 is 23.6 Å². The van der Waals surface area contributed by atoms with E-state index >= 15 is 0 Å². The van der Waals surface area contributed by atoms with Crippen molar-refractivity contribution in [1.82, 2.24) is 0 Å². The number of thiol groups is 1. The zero-order valence-corrected chi connectivity index (χ0v) is 7.84. The normalized spacial score (nSPS) is 9.62. The molecule has 0 saturated heterocycles. The first-order chi connectivity index (χ1) is 6.42. The Labute approximate surface area is 82.2 Å². The molecule has 1 nitrogen and oxygen atoms in total. The van der Waals surface area contributed by atoms with Crippen molar-refractivity contribution in [2.45, 2.75) is 0 Å². The summed E-state index contributed by atoms with van der Waals surface area (Å²) in [5, 5.41) is 1.07. The molecule has 2 aromatic rings. The molecule has 1 heterocycles. The monoisotopic (exact) mass is 188 g/mol. The summed E-state index contributed by atoms with van der Waals surface area (Å²) in [5.41, 5.74) is 1.82. The zero-order valence-electron chi connectivity index (χ0n) is 6.95. The van der Waals surface area contributed by atoms with Crippen LogP contribution in [0.15, 0.2) is 34.9 Å². The maximum atomic E-state index is 5.32. The van der Waals surface area contributed by atoms with Gasteiger partial charge in [-0.25, -0.2) is 0 Å². The number of hydrogen-bond acceptors (Lipinski definition) is 2. The van der Waals surface area contributed by atoms with Crippen molar-refractivity contribution in [1.29, 1.82) is 0 Å². The van der Waals surface area contributed by atoms with Gasteiger partial charge in [-0.1, -0.05) is 24.0 Å². The lowest BCUT2D eigenvalue weighted by Gasteiger charge is -1.85. The predicted molar refractivity (Wildman–Crippen MR) is 56.9 cm³/mol. The van der Waals surface area contributed by atoms with Crippen LogP contribution in [0, 0.1) is 11.8 Å². The van der Waals surface area contributed by atoms with E-state index in [2.05, 4.69) is 24.5 Å². The Kier molecular flexibility index (Phi) is 2.29. The van der Waals surface area contributed by atoms with Gasteiger partial charge in [0.2, 0.25) is 0 Å². The molecule has 0 saturated carbocycles. The molecule has 64 valence electrons. The average molecular weight is 188 g/mol. The van der Waals surface area contributed by atoms with E-state index in [-0.39, 0.29) is 0 Å². The average Bonchev–Trinajstić information content (AvgIpc) is 2.58. The maximum Gasteiger partial charge on any atom is 0.135 e. The number of benzene rings is 1. The molecule has 0 radical (unpaired) electrons. The molecule has 2 rings (SSSR count). The molecule has 0 unspecified atom stereocenters. The Morgan fingerprint density at radius 3 is 3.00 bits per heavy atom. The van der Waals surface area contributed by atoms with Crippen LogP contribution in [0.3, 0.4) is 0 Å². The van der Waals surface area contributed by atoms with Crippen molar-refractivity contribution in [3.05, 3.63) is 36.1 Å². The minimum absolute atomic E-state index is 0.569. The first-order valence-corrected chi connectivity index (χ1v) is 4.61. The van der Waals surface area contributed by atoms with Crippen LogP contribution in [-0.4, -0.2) is 5.75 Å². The van der Waals surface area contributed by atoms with Crippen LogP contribution >= 0.6 is 12.6 Å². The van der Waals surface area contributed by atoms with Gasteiger partial charge in [0, 0.05) is 5.39 Å². The van der Waals surface area contributed by atoms with Crippen LogP contribution in [0.1, 0.15) is 5.56 Å². The van der Waals surface area contributed by atoms with Crippen LogP contribution in [0.4, 0.5) is 0 Å². The van der Waals surface area contributed by atoms with Gasteiger partial charge in [0.25, 0.3) is 0 Å². The Balaban J connectivity index is 2.58. The fourth-order valence-corrected chi connectivity index (χ4v) is 1.29. The molecule has 0 fully saturated rings. The van der Waals surface area contributed by atoms with Gasteiger partial charge in [-0.2, -0.15) is 12.6 Å². The lowest BCUT2D eigenvalue weighted by Crippen LogP contribution is -1.69. The standard InChI is InChI=1S/C11H8OS/c13-7-3-4-9-8-12-11-6-2-1-5-10(9)11/h1-2,5-6,8,13H,7H2. The van der Waals surface area contributed by atoms with Crippen molar-refractivity contribution in [2.75, 3.05) is 5.75 Å². The third-order valence-electron chi connectivity index (χ3n) is 1.78. The highest BCUT2D eigenvalue weighted by molar-refractivity contribution is 7.80. The molecule has 0 aliphatic carbocycles. The molecule has 0 amide bonds. The summed E-state index contributed by atoms with van der Waals surface area (Å²) < 4.78 is 5.32. The third kappa shape index (κ3) is 1.56. The second kappa shape index (κ2) is 3.59. The van der Waals surface area contributed by atoms with Crippen LogP contribution in [0.5, 0.6) is 0 Å². The van der Waals surface area contributed by atoms with Gasteiger partial charge < -0.3 is 4.42 Å². The molecule has 1 aromatic heterocycles. The van der Waals surface area contributed by atoms with Crippen molar-refractivity contribution in [2.24, 2.45) is 0 Å². The second-order valence-corrected chi connectivity index (χ2v) is 2.92. The van der Waals surface area contributed by atoms with E-state index < -0.39 is 0 Å². The van der Waals surface area contributed by atoms with E-state index in [1.807, 2.05) is 24.3 Å². The van der Waals surface area contributed by atoms with E-state index in [9.17, 15) is 0 Å². The molecule has 0 aliphatic heterocycles. The van der Waals surface area contributed by atoms with Crippen molar-refractivity contribution in [3.63, 3.8) is 0 Å². The molecule has 0 N–H and O–H groups in total. The topological polar surface area (TPSA) is 13.1 Å². The second-order valence-electron chi connectivity index (χ2n) is 2.61. The highest BCUT2D eigenvalue weighted by Crippen LogP contribution is 2.19. The summed E-state index contributed by atoms with van der Waals surface area (Å²) in [6.45, 7) is 0. The SMILES string of the molecule is SCC#Cc1coc2ccccc12. The summed E-state index contributed by atoms with van der Waals surface area (Å²) in [4.78, 5) is 0. The quantitative estimate of drug-likeness (QED) is 0.495. The van der Waals surface area contributed by atoms with E-state index in [0.29, 0.717) is 5.75 Å². The fourth-order valence-electron chi connectivity index (χ4n) is 1.21. The van der Waals surface area contributed by atoms with Crippen LogP contribution in [0.25, 0.3) is 11.0 Å². The number of hydrogen-bond donors (Lipinski definition) is 1. The fraction of sp³-hybridized carbons (Fsp3) is 0.0909. The van der Waals surface area contributed by atoms with Gasteiger partial charge in [0.15, 0.2) is 0 Å². The summed E-state index contributed by atoms with van der Waals surface area (Å²) >= 11 is 4.02. The molecular formula is C11H8OS. The zero-order chi connectivity index (χ0) is 9.10. The van der Waals surface area contributed by atoms with Gasteiger partial charge in [0.1, 0.15) is 11.8 Å². The predicted octanol–water partition coefficient (Wildman–Crippen LogP) is 2.71. The van der Waals surface area contributed by atoms with Gasteiger partial charge in [0.05, 0.1) is 11.3 Å². The number of para-hydroxylation sites is 1. The minimum atomic E-state index is 0.569. The van der Waals surface area contributed by atoms with Gasteiger partial charge in [-0.15, -0.1) is 0 Å². The summed E-state index contributed by atoms with van der Waals surface area (Å²) in [7, 11) is 0. The van der Waals surface area contributed by atoms with E-state index in [1.165, 1.54) is 0 Å². The summed E-state index contributed by atoms with van der Waals surface area (Å²) in [6.07, 6.45) is 1.68. The van der Waals surface area contributed by atoms with E-state index in [0.717, 1.165) is 16.5 Å². The number of fused-ring (bicyclic) bond motifs is 1. The lowest BCUT2D eigenvalue weighted by atomic mass is 10.2. The van der Waals surface area contributed by atoms with Gasteiger partial charge >= 0.3 is 0 Å². The molecule has 1 aromatic carbocycles. The Morgan fingerprint density at radius 1 is 1.31 bits per heavy atom. The molecule has 0 aliphatic rings. The first kappa shape index (κ1) is 8.28. The molecule has 0 spiro atoms. The van der Waals surface area contributed by atoms with Crippen molar-refractivity contribution < 1.29 is 4.42 Å². The minimum Gasteiger partial charge on any atom is -0.463 e.